The van der Waals surface area contributed by atoms with Gasteiger partial charge in [-0.15, -0.1) is 0 Å². The summed E-state index contributed by atoms with van der Waals surface area (Å²) in [6.07, 6.45) is 1.10. The molecule has 1 aromatic carbocycles. The van der Waals surface area contributed by atoms with Gasteiger partial charge in [0.15, 0.2) is 0 Å². The molecule has 0 radical (unpaired) electrons. The molecular weight excluding hydrogens is 226 g/mol. The molecule has 0 aliphatic carbocycles. The zero-order valence-electron chi connectivity index (χ0n) is 11.3. The topological polar surface area (TPSA) is 39.1 Å². The number of para-hydroxylation sites is 1. The first-order chi connectivity index (χ1) is 8.77. The van der Waals surface area contributed by atoms with Gasteiger partial charge in [-0.2, -0.15) is 5.10 Å². The van der Waals surface area contributed by atoms with Gasteiger partial charge in [0.1, 0.15) is 0 Å². The largest absolute Gasteiger partial charge is 0.383 e. The Morgan fingerprint density at radius 3 is 2.89 bits per heavy atom. The maximum atomic E-state index is 5.30. The van der Waals surface area contributed by atoms with E-state index in [-0.39, 0.29) is 6.04 Å². The summed E-state index contributed by atoms with van der Waals surface area (Å²) in [5, 5.41) is 9.33. The van der Waals surface area contributed by atoms with Crippen LogP contribution in [0.4, 0.5) is 0 Å². The standard InChI is InChI=1S/C14H21N3O/c1-4-9-15-12(10-18-3)14-11-7-5-6-8-13(11)17(2)16-14/h5-8,12,15H,4,9-10H2,1-3H3. The molecule has 1 N–H and O–H groups in total. The average Bonchev–Trinajstić information content (AvgIpc) is 2.73. The van der Waals surface area contributed by atoms with Crippen LogP contribution in [0, 0.1) is 0 Å². The van der Waals surface area contributed by atoms with Gasteiger partial charge in [0.25, 0.3) is 0 Å². The molecule has 4 nitrogen and oxygen atoms in total. The Labute approximate surface area is 108 Å². The van der Waals surface area contributed by atoms with Crippen molar-refractivity contribution in [1.29, 1.82) is 0 Å². The maximum absolute atomic E-state index is 5.30. The van der Waals surface area contributed by atoms with E-state index < -0.39 is 0 Å². The van der Waals surface area contributed by atoms with Crippen molar-refractivity contribution >= 4 is 10.9 Å². The van der Waals surface area contributed by atoms with Crippen molar-refractivity contribution < 1.29 is 4.74 Å². The van der Waals surface area contributed by atoms with Crippen LogP contribution in [0.2, 0.25) is 0 Å². The van der Waals surface area contributed by atoms with Crippen LogP contribution < -0.4 is 5.32 Å². The highest BCUT2D eigenvalue weighted by Crippen LogP contribution is 2.23. The van der Waals surface area contributed by atoms with Gasteiger partial charge >= 0.3 is 0 Å². The van der Waals surface area contributed by atoms with E-state index in [0.29, 0.717) is 6.61 Å². The molecule has 0 fully saturated rings. The van der Waals surface area contributed by atoms with Crippen molar-refractivity contribution in [3.8, 4) is 0 Å². The third kappa shape index (κ3) is 2.54. The highest BCUT2D eigenvalue weighted by molar-refractivity contribution is 5.82. The first kappa shape index (κ1) is 13.1. The number of methoxy groups -OCH3 is 1. The molecule has 1 aromatic heterocycles. The van der Waals surface area contributed by atoms with E-state index in [9.17, 15) is 0 Å². The minimum atomic E-state index is 0.154. The van der Waals surface area contributed by atoms with Gasteiger partial charge in [0, 0.05) is 19.5 Å². The molecule has 2 rings (SSSR count). The van der Waals surface area contributed by atoms with Crippen LogP contribution in [-0.2, 0) is 11.8 Å². The second-order valence-corrected chi connectivity index (χ2v) is 4.49. The fraction of sp³-hybridized carbons (Fsp3) is 0.500. The number of nitrogens with zero attached hydrogens (tertiary/aromatic N) is 2. The van der Waals surface area contributed by atoms with Crippen molar-refractivity contribution in [2.24, 2.45) is 7.05 Å². The Hall–Kier alpha value is -1.39. The predicted octanol–water partition coefficient (Wildman–Crippen LogP) is 2.26. The summed E-state index contributed by atoms with van der Waals surface area (Å²) in [6.45, 7) is 3.77. The first-order valence-corrected chi connectivity index (χ1v) is 6.41. The van der Waals surface area contributed by atoms with Crippen LogP contribution in [0.3, 0.4) is 0 Å². The van der Waals surface area contributed by atoms with E-state index in [1.165, 1.54) is 5.39 Å². The van der Waals surface area contributed by atoms with Crippen molar-refractivity contribution in [2.45, 2.75) is 19.4 Å². The molecule has 1 heterocycles. The lowest BCUT2D eigenvalue weighted by Crippen LogP contribution is -2.26. The monoisotopic (exact) mass is 247 g/mol. The molecule has 0 saturated heterocycles. The van der Waals surface area contributed by atoms with E-state index in [1.54, 1.807) is 7.11 Å². The van der Waals surface area contributed by atoms with E-state index in [2.05, 4.69) is 35.5 Å². The quantitative estimate of drug-likeness (QED) is 0.851. The Morgan fingerprint density at radius 2 is 2.17 bits per heavy atom. The second-order valence-electron chi connectivity index (χ2n) is 4.49. The molecule has 0 saturated carbocycles. The van der Waals surface area contributed by atoms with Crippen molar-refractivity contribution in [1.82, 2.24) is 15.1 Å². The number of rotatable bonds is 6. The molecule has 0 bridgehead atoms. The van der Waals surface area contributed by atoms with Crippen LogP contribution in [0.5, 0.6) is 0 Å². The molecule has 0 spiro atoms. The number of fused-ring (bicyclic) bond motifs is 1. The maximum Gasteiger partial charge on any atom is 0.0896 e. The summed E-state index contributed by atoms with van der Waals surface area (Å²) in [4.78, 5) is 0. The van der Waals surface area contributed by atoms with Crippen LogP contribution in [0.25, 0.3) is 10.9 Å². The number of benzene rings is 1. The molecular formula is C14H21N3O. The smallest absolute Gasteiger partial charge is 0.0896 e. The summed E-state index contributed by atoms with van der Waals surface area (Å²) in [5.74, 6) is 0. The summed E-state index contributed by atoms with van der Waals surface area (Å²) >= 11 is 0. The number of aromatic nitrogens is 2. The fourth-order valence-corrected chi connectivity index (χ4v) is 2.22. The van der Waals surface area contributed by atoms with Gasteiger partial charge < -0.3 is 10.1 Å². The number of ether oxygens (including phenoxy) is 1. The van der Waals surface area contributed by atoms with Crippen LogP contribution in [0.15, 0.2) is 24.3 Å². The van der Waals surface area contributed by atoms with Gasteiger partial charge in [0.05, 0.1) is 23.9 Å². The summed E-state index contributed by atoms with van der Waals surface area (Å²) in [5.41, 5.74) is 2.23. The van der Waals surface area contributed by atoms with Crippen LogP contribution in [-0.4, -0.2) is 30.0 Å². The minimum Gasteiger partial charge on any atom is -0.383 e. The van der Waals surface area contributed by atoms with Crippen LogP contribution >= 0.6 is 0 Å². The number of aryl methyl sites for hydroxylation is 1. The third-order valence-electron chi connectivity index (χ3n) is 3.09. The second kappa shape index (κ2) is 5.98. The molecule has 0 amide bonds. The Morgan fingerprint density at radius 1 is 1.39 bits per heavy atom. The highest BCUT2D eigenvalue weighted by atomic mass is 16.5. The Balaban J connectivity index is 2.37. The van der Waals surface area contributed by atoms with Crippen molar-refractivity contribution in [3.63, 3.8) is 0 Å². The average molecular weight is 247 g/mol. The molecule has 1 atom stereocenters. The van der Waals surface area contributed by atoms with Gasteiger partial charge in [-0.25, -0.2) is 0 Å². The van der Waals surface area contributed by atoms with Gasteiger partial charge in [0.2, 0.25) is 0 Å². The number of nitrogens with one attached hydrogen (secondary N) is 1. The molecule has 98 valence electrons. The molecule has 4 heteroatoms. The third-order valence-corrected chi connectivity index (χ3v) is 3.09. The van der Waals surface area contributed by atoms with Crippen molar-refractivity contribution in [3.05, 3.63) is 30.0 Å². The van der Waals surface area contributed by atoms with E-state index in [1.807, 2.05) is 17.8 Å². The SMILES string of the molecule is CCCNC(COC)c1nn(C)c2ccccc12. The lowest BCUT2D eigenvalue weighted by molar-refractivity contribution is 0.165. The van der Waals surface area contributed by atoms with E-state index in [4.69, 9.17) is 4.74 Å². The Bertz CT molecular complexity index is 507. The van der Waals surface area contributed by atoms with Gasteiger partial charge in [-0.3, -0.25) is 4.68 Å². The molecule has 1 unspecified atom stereocenters. The minimum absolute atomic E-state index is 0.154. The number of hydrogen-bond acceptors (Lipinski definition) is 3. The predicted molar refractivity (Wildman–Crippen MR) is 73.6 cm³/mol. The summed E-state index contributed by atoms with van der Waals surface area (Å²) in [7, 11) is 3.71. The summed E-state index contributed by atoms with van der Waals surface area (Å²) in [6, 6.07) is 8.46. The molecule has 0 aliphatic heterocycles. The highest BCUT2D eigenvalue weighted by Gasteiger charge is 2.17. The van der Waals surface area contributed by atoms with Crippen molar-refractivity contribution in [2.75, 3.05) is 20.3 Å². The summed E-state index contributed by atoms with van der Waals surface area (Å²) < 4.78 is 7.23. The van der Waals surface area contributed by atoms with E-state index in [0.717, 1.165) is 24.2 Å². The zero-order chi connectivity index (χ0) is 13.0. The lowest BCUT2D eigenvalue weighted by Gasteiger charge is -2.15. The molecule has 0 aliphatic rings. The zero-order valence-corrected chi connectivity index (χ0v) is 11.3. The fourth-order valence-electron chi connectivity index (χ4n) is 2.22. The molecule has 18 heavy (non-hydrogen) atoms. The molecule has 2 aromatic rings. The van der Waals surface area contributed by atoms with Gasteiger partial charge in [-0.1, -0.05) is 25.1 Å². The normalized spacial score (nSPS) is 13.1. The first-order valence-electron chi connectivity index (χ1n) is 6.41. The lowest BCUT2D eigenvalue weighted by atomic mass is 10.1. The van der Waals surface area contributed by atoms with E-state index >= 15 is 0 Å². The Kier molecular flexibility index (Phi) is 4.33. The number of hydrogen-bond donors (Lipinski definition) is 1. The van der Waals surface area contributed by atoms with Gasteiger partial charge in [-0.05, 0) is 19.0 Å². The van der Waals surface area contributed by atoms with Crippen LogP contribution in [0.1, 0.15) is 25.1 Å².